The zero-order valence-electron chi connectivity index (χ0n) is 9.12. The maximum Gasteiger partial charge on any atom is 0.200 e. The summed E-state index contributed by atoms with van der Waals surface area (Å²) in [5, 5.41) is 2.14. The molecule has 5 heteroatoms. The molecule has 0 aromatic carbocycles. The van der Waals surface area contributed by atoms with Crippen LogP contribution in [0, 0.1) is 0 Å². The molecule has 2 atom stereocenters. The molecular formula is C12H11F2IN2. The number of allylic oxidation sites excluding steroid dienone is 2. The lowest BCUT2D eigenvalue weighted by molar-refractivity contribution is 0.333. The first-order valence-corrected chi connectivity index (χ1v) is 6.41. The van der Waals surface area contributed by atoms with Gasteiger partial charge < -0.3 is 5.32 Å². The van der Waals surface area contributed by atoms with Crippen LogP contribution in [0.15, 0.2) is 42.0 Å². The SMILES string of the molecule is CC(I)C1=C(c2ccccn2)C(F)NC(F)=C1. The van der Waals surface area contributed by atoms with Gasteiger partial charge in [0.15, 0.2) is 12.2 Å². The van der Waals surface area contributed by atoms with Crippen LogP contribution in [0.1, 0.15) is 12.6 Å². The van der Waals surface area contributed by atoms with Gasteiger partial charge in [-0.15, -0.1) is 0 Å². The van der Waals surface area contributed by atoms with Crippen molar-refractivity contribution in [1.82, 2.24) is 10.3 Å². The Bertz CT molecular complexity index is 469. The highest BCUT2D eigenvalue weighted by molar-refractivity contribution is 14.1. The van der Waals surface area contributed by atoms with E-state index < -0.39 is 12.2 Å². The second-order valence-electron chi connectivity index (χ2n) is 3.70. The van der Waals surface area contributed by atoms with Crippen LogP contribution >= 0.6 is 22.6 Å². The molecule has 1 N–H and O–H groups in total. The van der Waals surface area contributed by atoms with Gasteiger partial charge in [0.05, 0.1) is 5.69 Å². The van der Waals surface area contributed by atoms with Crippen molar-refractivity contribution in [1.29, 1.82) is 0 Å². The van der Waals surface area contributed by atoms with Gasteiger partial charge in [-0.3, -0.25) is 4.98 Å². The fraction of sp³-hybridized carbons (Fsp3) is 0.250. The maximum absolute atomic E-state index is 13.9. The first-order valence-electron chi connectivity index (χ1n) is 5.17. The zero-order chi connectivity index (χ0) is 12.4. The number of nitrogens with zero attached hydrogens (tertiary/aromatic N) is 1. The van der Waals surface area contributed by atoms with Gasteiger partial charge in [-0.05, 0) is 30.7 Å². The summed E-state index contributed by atoms with van der Waals surface area (Å²) in [5.74, 6) is -0.643. The summed E-state index contributed by atoms with van der Waals surface area (Å²) in [6.07, 6.45) is 1.37. The summed E-state index contributed by atoms with van der Waals surface area (Å²) in [5.41, 5.74) is 1.58. The van der Waals surface area contributed by atoms with Gasteiger partial charge in [-0.25, -0.2) is 4.39 Å². The summed E-state index contributed by atoms with van der Waals surface area (Å²) in [4.78, 5) is 4.12. The van der Waals surface area contributed by atoms with Gasteiger partial charge in [0.25, 0.3) is 0 Å². The van der Waals surface area contributed by atoms with Crippen molar-refractivity contribution in [2.24, 2.45) is 0 Å². The molecule has 0 bridgehead atoms. The third-order valence-corrected chi connectivity index (χ3v) is 3.15. The van der Waals surface area contributed by atoms with Crippen molar-refractivity contribution in [3.63, 3.8) is 0 Å². The number of aromatic nitrogens is 1. The first-order chi connectivity index (χ1) is 8.09. The molecule has 0 saturated heterocycles. The number of rotatable bonds is 2. The van der Waals surface area contributed by atoms with Crippen molar-refractivity contribution < 1.29 is 8.78 Å². The highest BCUT2D eigenvalue weighted by Gasteiger charge is 2.26. The molecule has 0 radical (unpaired) electrons. The van der Waals surface area contributed by atoms with Crippen molar-refractivity contribution in [2.75, 3.05) is 0 Å². The maximum atomic E-state index is 13.9. The minimum atomic E-state index is -1.55. The van der Waals surface area contributed by atoms with E-state index in [-0.39, 0.29) is 3.92 Å². The Morgan fingerprint density at radius 1 is 1.47 bits per heavy atom. The summed E-state index contributed by atoms with van der Waals surface area (Å²) in [6, 6.07) is 5.27. The quantitative estimate of drug-likeness (QED) is 0.504. The minimum Gasteiger partial charge on any atom is -0.329 e. The molecule has 1 aromatic rings. The molecule has 0 saturated carbocycles. The number of dihydropyridines is 1. The topological polar surface area (TPSA) is 24.9 Å². The normalized spacial score (nSPS) is 21.9. The fourth-order valence-electron chi connectivity index (χ4n) is 1.72. The smallest absolute Gasteiger partial charge is 0.200 e. The molecule has 2 nitrogen and oxygen atoms in total. The van der Waals surface area contributed by atoms with Gasteiger partial charge in [-0.2, -0.15) is 4.39 Å². The highest BCUT2D eigenvalue weighted by Crippen LogP contribution is 2.32. The predicted molar refractivity (Wildman–Crippen MR) is 71.9 cm³/mol. The van der Waals surface area contributed by atoms with Gasteiger partial charge in [0, 0.05) is 15.7 Å². The number of alkyl halides is 2. The molecule has 0 amide bonds. The molecular weight excluding hydrogens is 337 g/mol. The van der Waals surface area contributed by atoms with Crippen molar-refractivity contribution in [3.8, 4) is 0 Å². The predicted octanol–water partition coefficient (Wildman–Crippen LogP) is 3.37. The summed E-state index contributed by atoms with van der Waals surface area (Å²) < 4.78 is 27.1. The molecule has 0 aliphatic carbocycles. The molecule has 0 fully saturated rings. The third kappa shape index (κ3) is 2.65. The van der Waals surface area contributed by atoms with E-state index in [0.29, 0.717) is 16.8 Å². The van der Waals surface area contributed by atoms with Crippen LogP contribution in [0.2, 0.25) is 0 Å². The van der Waals surface area contributed by atoms with Crippen LogP contribution in [0.3, 0.4) is 0 Å². The number of hydrogen-bond donors (Lipinski definition) is 1. The molecule has 1 aromatic heterocycles. The Morgan fingerprint density at radius 2 is 2.24 bits per heavy atom. The third-order valence-electron chi connectivity index (χ3n) is 2.48. The van der Waals surface area contributed by atoms with Crippen LogP contribution in [0.5, 0.6) is 0 Å². The van der Waals surface area contributed by atoms with Gasteiger partial charge in [-0.1, -0.05) is 28.7 Å². The Balaban J connectivity index is 2.56. The van der Waals surface area contributed by atoms with Crippen LogP contribution in [-0.2, 0) is 0 Å². The van der Waals surface area contributed by atoms with E-state index >= 15 is 0 Å². The lowest BCUT2D eigenvalue weighted by Gasteiger charge is -2.23. The zero-order valence-corrected chi connectivity index (χ0v) is 11.3. The second-order valence-corrected chi connectivity index (χ2v) is 5.57. The van der Waals surface area contributed by atoms with Crippen molar-refractivity contribution in [3.05, 3.63) is 47.7 Å². The second kappa shape index (κ2) is 5.12. The molecule has 1 aliphatic rings. The molecule has 90 valence electrons. The van der Waals surface area contributed by atoms with E-state index in [9.17, 15) is 8.78 Å². The Morgan fingerprint density at radius 3 is 2.82 bits per heavy atom. The lowest BCUT2D eigenvalue weighted by Crippen LogP contribution is -2.29. The van der Waals surface area contributed by atoms with Crippen LogP contribution in [0.25, 0.3) is 5.57 Å². The van der Waals surface area contributed by atoms with Gasteiger partial charge in [0.2, 0.25) is 0 Å². The Hall–Kier alpha value is -0.980. The Kier molecular flexibility index (Phi) is 3.76. The van der Waals surface area contributed by atoms with E-state index in [1.165, 1.54) is 6.08 Å². The monoisotopic (exact) mass is 348 g/mol. The minimum absolute atomic E-state index is 0.00991. The molecule has 0 spiro atoms. The highest BCUT2D eigenvalue weighted by atomic mass is 127. The van der Waals surface area contributed by atoms with Gasteiger partial charge >= 0.3 is 0 Å². The summed E-state index contributed by atoms with van der Waals surface area (Å²) in [6.45, 7) is 1.89. The molecule has 2 unspecified atom stereocenters. The summed E-state index contributed by atoms with van der Waals surface area (Å²) >= 11 is 2.13. The van der Waals surface area contributed by atoms with E-state index in [1.807, 2.05) is 6.92 Å². The van der Waals surface area contributed by atoms with Crippen LogP contribution < -0.4 is 5.32 Å². The molecule has 17 heavy (non-hydrogen) atoms. The Labute approximate surface area is 112 Å². The number of pyridine rings is 1. The lowest BCUT2D eigenvalue weighted by atomic mass is 9.99. The van der Waals surface area contributed by atoms with Crippen LogP contribution in [-0.4, -0.2) is 15.2 Å². The van der Waals surface area contributed by atoms with Gasteiger partial charge in [0.1, 0.15) is 0 Å². The largest absolute Gasteiger partial charge is 0.329 e. The van der Waals surface area contributed by atoms with E-state index in [2.05, 4.69) is 32.9 Å². The van der Waals surface area contributed by atoms with Crippen LogP contribution in [0.4, 0.5) is 8.78 Å². The average Bonchev–Trinajstić information content (AvgIpc) is 2.29. The summed E-state index contributed by atoms with van der Waals surface area (Å²) in [7, 11) is 0. The average molecular weight is 348 g/mol. The van der Waals surface area contributed by atoms with E-state index in [4.69, 9.17) is 0 Å². The molecule has 1 aliphatic heterocycles. The number of nitrogens with one attached hydrogen (secondary N) is 1. The molecule has 2 rings (SSSR count). The van der Waals surface area contributed by atoms with Crippen molar-refractivity contribution >= 4 is 28.2 Å². The molecule has 2 heterocycles. The number of hydrogen-bond acceptors (Lipinski definition) is 2. The number of halogens is 3. The standard InChI is InChI=1S/C12H11F2IN2/c1-7(15)8-6-10(13)17-12(14)11(8)9-4-2-3-5-16-9/h2-7,12,17H,1H3. The van der Waals surface area contributed by atoms with E-state index in [0.717, 1.165) is 0 Å². The van der Waals surface area contributed by atoms with E-state index in [1.54, 1.807) is 24.4 Å². The van der Waals surface area contributed by atoms with Crippen molar-refractivity contribution in [2.45, 2.75) is 17.1 Å². The fourth-order valence-corrected chi connectivity index (χ4v) is 2.24. The first kappa shape index (κ1) is 12.5.